The van der Waals surface area contributed by atoms with Gasteiger partial charge >= 0.3 is 0 Å². The third kappa shape index (κ3) is 5.25. The molecular weight excluding hydrogens is 224 g/mol. The van der Waals surface area contributed by atoms with Gasteiger partial charge in [0.2, 0.25) is 0 Å². The molecule has 1 saturated heterocycles. The number of morpholine rings is 1. The van der Waals surface area contributed by atoms with Gasteiger partial charge in [-0.3, -0.25) is 4.90 Å². The van der Waals surface area contributed by atoms with E-state index in [1.54, 1.807) is 0 Å². The fourth-order valence-electron chi connectivity index (χ4n) is 2.60. The van der Waals surface area contributed by atoms with Crippen molar-refractivity contribution in [3.63, 3.8) is 0 Å². The molecule has 0 aromatic carbocycles. The van der Waals surface area contributed by atoms with Gasteiger partial charge in [0.25, 0.3) is 0 Å². The summed E-state index contributed by atoms with van der Waals surface area (Å²) in [6, 6.07) is 0.640. The average molecular weight is 256 g/mol. The highest BCUT2D eigenvalue weighted by Gasteiger charge is 2.27. The smallest absolute Gasteiger partial charge is 0.0700 e. The lowest BCUT2D eigenvalue weighted by molar-refractivity contribution is -0.0505. The van der Waals surface area contributed by atoms with Crippen molar-refractivity contribution in [3.8, 4) is 0 Å². The van der Waals surface area contributed by atoms with Gasteiger partial charge in [0.15, 0.2) is 0 Å². The van der Waals surface area contributed by atoms with E-state index in [4.69, 9.17) is 4.74 Å². The maximum absolute atomic E-state index is 5.77. The number of ether oxygens (including phenoxy) is 1. The summed E-state index contributed by atoms with van der Waals surface area (Å²) in [5.74, 6) is 1.42. The molecule has 0 radical (unpaired) electrons. The van der Waals surface area contributed by atoms with Gasteiger partial charge in [-0.2, -0.15) is 0 Å². The lowest BCUT2D eigenvalue weighted by Gasteiger charge is -2.40. The first-order valence-corrected chi connectivity index (χ1v) is 7.60. The fourth-order valence-corrected chi connectivity index (χ4v) is 2.60. The summed E-state index contributed by atoms with van der Waals surface area (Å²) in [7, 11) is 0. The van der Waals surface area contributed by atoms with Crippen LogP contribution in [-0.2, 0) is 4.74 Å². The van der Waals surface area contributed by atoms with Crippen LogP contribution in [0.3, 0.4) is 0 Å². The highest BCUT2D eigenvalue weighted by molar-refractivity contribution is 4.81. The number of nitrogens with one attached hydrogen (secondary N) is 1. The first kappa shape index (κ1) is 15.9. The normalized spacial score (nSPS) is 23.8. The molecular formula is C15H32N2O. The van der Waals surface area contributed by atoms with E-state index in [2.05, 4.69) is 44.8 Å². The van der Waals surface area contributed by atoms with Crippen molar-refractivity contribution in [2.24, 2.45) is 11.8 Å². The Labute approximate surface area is 113 Å². The molecule has 18 heavy (non-hydrogen) atoms. The summed E-state index contributed by atoms with van der Waals surface area (Å²) in [6.07, 6.45) is 1.56. The summed E-state index contributed by atoms with van der Waals surface area (Å²) >= 11 is 0. The molecule has 1 N–H and O–H groups in total. The Balaban J connectivity index is 2.44. The van der Waals surface area contributed by atoms with Gasteiger partial charge in [-0.05, 0) is 24.8 Å². The summed E-state index contributed by atoms with van der Waals surface area (Å²) in [6.45, 7) is 16.7. The zero-order valence-electron chi connectivity index (χ0n) is 12.9. The monoisotopic (exact) mass is 256 g/mol. The Morgan fingerprint density at radius 3 is 2.50 bits per heavy atom. The van der Waals surface area contributed by atoms with Crippen LogP contribution in [0.15, 0.2) is 0 Å². The van der Waals surface area contributed by atoms with E-state index < -0.39 is 0 Å². The van der Waals surface area contributed by atoms with Crippen LogP contribution < -0.4 is 5.32 Å². The summed E-state index contributed by atoms with van der Waals surface area (Å²) in [5, 5.41) is 3.61. The van der Waals surface area contributed by atoms with E-state index in [1.807, 2.05) is 0 Å². The average Bonchev–Trinajstić information content (AvgIpc) is 2.34. The van der Waals surface area contributed by atoms with Crippen LogP contribution in [0.4, 0.5) is 0 Å². The molecule has 0 aromatic rings. The fraction of sp³-hybridized carbons (Fsp3) is 1.00. The zero-order chi connectivity index (χ0) is 13.5. The number of rotatable bonds is 7. The molecule has 1 fully saturated rings. The molecule has 1 aliphatic heterocycles. The second kappa shape index (κ2) is 8.13. The highest BCUT2D eigenvalue weighted by Crippen LogP contribution is 2.16. The Kier molecular flexibility index (Phi) is 7.20. The number of hydrogen-bond acceptors (Lipinski definition) is 3. The Bertz CT molecular complexity index is 219. The lowest BCUT2D eigenvalue weighted by Crippen LogP contribution is -2.53. The Morgan fingerprint density at radius 2 is 1.94 bits per heavy atom. The molecule has 0 bridgehead atoms. The van der Waals surface area contributed by atoms with Crippen molar-refractivity contribution in [2.45, 2.75) is 53.2 Å². The second-order valence-electron chi connectivity index (χ2n) is 6.26. The minimum Gasteiger partial charge on any atom is -0.376 e. The molecule has 108 valence electrons. The van der Waals surface area contributed by atoms with Crippen molar-refractivity contribution in [1.82, 2.24) is 10.2 Å². The molecule has 0 aromatic heterocycles. The van der Waals surface area contributed by atoms with Crippen LogP contribution >= 0.6 is 0 Å². The summed E-state index contributed by atoms with van der Waals surface area (Å²) < 4.78 is 5.77. The standard InChI is InChI=1S/C15H32N2O/c1-6-14-11-17(7-8-18-14)15(13(4)5)10-16-9-12(2)3/h12-16H,6-11H2,1-5H3. The highest BCUT2D eigenvalue weighted by atomic mass is 16.5. The molecule has 1 aliphatic rings. The Hall–Kier alpha value is -0.120. The van der Waals surface area contributed by atoms with E-state index in [0.717, 1.165) is 45.1 Å². The predicted octanol–water partition coefficient (Wildman–Crippen LogP) is 2.37. The molecule has 0 amide bonds. The molecule has 3 heteroatoms. The first-order valence-electron chi connectivity index (χ1n) is 7.60. The van der Waals surface area contributed by atoms with E-state index in [0.29, 0.717) is 18.1 Å². The second-order valence-corrected chi connectivity index (χ2v) is 6.26. The van der Waals surface area contributed by atoms with Crippen molar-refractivity contribution < 1.29 is 4.74 Å². The summed E-state index contributed by atoms with van der Waals surface area (Å²) in [5.41, 5.74) is 0. The van der Waals surface area contributed by atoms with Gasteiger partial charge in [-0.25, -0.2) is 0 Å². The lowest BCUT2D eigenvalue weighted by atomic mass is 10.0. The minimum absolute atomic E-state index is 0.435. The van der Waals surface area contributed by atoms with Crippen molar-refractivity contribution in [2.75, 3.05) is 32.8 Å². The van der Waals surface area contributed by atoms with Crippen molar-refractivity contribution in [3.05, 3.63) is 0 Å². The maximum Gasteiger partial charge on any atom is 0.0700 e. The van der Waals surface area contributed by atoms with E-state index in [1.165, 1.54) is 0 Å². The predicted molar refractivity (Wildman–Crippen MR) is 77.9 cm³/mol. The van der Waals surface area contributed by atoms with Crippen LogP contribution in [0.5, 0.6) is 0 Å². The van der Waals surface area contributed by atoms with Gasteiger partial charge in [-0.15, -0.1) is 0 Å². The van der Waals surface area contributed by atoms with Gasteiger partial charge in [0.1, 0.15) is 0 Å². The van der Waals surface area contributed by atoms with Crippen LogP contribution in [0.25, 0.3) is 0 Å². The minimum atomic E-state index is 0.435. The van der Waals surface area contributed by atoms with Crippen molar-refractivity contribution >= 4 is 0 Å². The van der Waals surface area contributed by atoms with Crippen LogP contribution in [-0.4, -0.2) is 49.8 Å². The Morgan fingerprint density at radius 1 is 1.22 bits per heavy atom. The quantitative estimate of drug-likeness (QED) is 0.757. The van der Waals surface area contributed by atoms with Gasteiger partial charge in [0.05, 0.1) is 12.7 Å². The maximum atomic E-state index is 5.77. The molecule has 1 rings (SSSR count). The van der Waals surface area contributed by atoms with Gasteiger partial charge < -0.3 is 10.1 Å². The van der Waals surface area contributed by atoms with Gasteiger partial charge in [0, 0.05) is 25.7 Å². The molecule has 2 unspecified atom stereocenters. The third-order valence-electron chi connectivity index (χ3n) is 3.77. The molecule has 3 nitrogen and oxygen atoms in total. The third-order valence-corrected chi connectivity index (χ3v) is 3.77. The van der Waals surface area contributed by atoms with Crippen LogP contribution in [0, 0.1) is 11.8 Å². The molecule has 0 saturated carbocycles. The van der Waals surface area contributed by atoms with Crippen LogP contribution in [0.1, 0.15) is 41.0 Å². The van der Waals surface area contributed by atoms with E-state index in [-0.39, 0.29) is 0 Å². The topological polar surface area (TPSA) is 24.5 Å². The van der Waals surface area contributed by atoms with Gasteiger partial charge in [-0.1, -0.05) is 34.6 Å². The molecule has 1 heterocycles. The molecule has 0 spiro atoms. The molecule has 0 aliphatic carbocycles. The zero-order valence-corrected chi connectivity index (χ0v) is 12.9. The van der Waals surface area contributed by atoms with E-state index >= 15 is 0 Å². The number of hydrogen-bond donors (Lipinski definition) is 1. The van der Waals surface area contributed by atoms with E-state index in [9.17, 15) is 0 Å². The van der Waals surface area contributed by atoms with Crippen molar-refractivity contribution in [1.29, 1.82) is 0 Å². The largest absolute Gasteiger partial charge is 0.376 e. The number of nitrogens with zero attached hydrogens (tertiary/aromatic N) is 1. The SMILES string of the molecule is CCC1CN(C(CNCC(C)C)C(C)C)CCO1. The molecule has 2 atom stereocenters. The summed E-state index contributed by atoms with van der Waals surface area (Å²) in [4.78, 5) is 2.62. The first-order chi connectivity index (χ1) is 8.54. The van der Waals surface area contributed by atoms with Crippen LogP contribution in [0.2, 0.25) is 0 Å².